The van der Waals surface area contributed by atoms with Crippen molar-refractivity contribution in [1.82, 2.24) is 10.2 Å². The molecule has 0 bridgehead atoms. The second-order valence-corrected chi connectivity index (χ2v) is 8.26. The van der Waals surface area contributed by atoms with E-state index in [4.69, 9.17) is 9.47 Å². The molecule has 2 aromatic carbocycles. The summed E-state index contributed by atoms with van der Waals surface area (Å²) in [6.45, 7) is 4.08. The summed E-state index contributed by atoms with van der Waals surface area (Å²) in [5, 5.41) is 2.90. The van der Waals surface area contributed by atoms with E-state index in [-0.39, 0.29) is 29.7 Å². The zero-order valence-electron chi connectivity index (χ0n) is 16.7. The Bertz CT molecular complexity index is 992. The number of hydrogen-bond donors (Lipinski definition) is 1. The molecule has 0 spiro atoms. The van der Waals surface area contributed by atoms with Crippen LogP contribution in [0.15, 0.2) is 48.5 Å². The number of ether oxygens (including phenoxy) is 2. The van der Waals surface area contributed by atoms with Crippen LogP contribution < -0.4 is 14.8 Å². The van der Waals surface area contributed by atoms with E-state index in [9.17, 15) is 9.59 Å². The Kier molecular flexibility index (Phi) is 3.88. The second kappa shape index (κ2) is 6.24. The van der Waals surface area contributed by atoms with Crippen LogP contribution in [0.5, 0.6) is 11.5 Å². The van der Waals surface area contributed by atoms with E-state index in [0.717, 1.165) is 11.1 Å². The number of fused-ring (bicyclic) bond motifs is 5. The van der Waals surface area contributed by atoms with Crippen LogP contribution in [0.3, 0.4) is 0 Å². The fourth-order valence-corrected chi connectivity index (χ4v) is 5.45. The first-order valence-electron chi connectivity index (χ1n) is 9.96. The summed E-state index contributed by atoms with van der Waals surface area (Å²) in [5.74, 6) is 1.07. The maximum atomic E-state index is 13.4. The zero-order chi connectivity index (χ0) is 20.3. The SMILES string of the molecule is COc1ccc2c(c1)OC[C@@H]1[C@@H](c3ccccc3)[C@]3(C)C(=O)N[C@H](C)C(=O)N3[C@@H]21. The number of nitrogens with zero attached hydrogens (tertiary/aromatic N) is 1. The zero-order valence-corrected chi connectivity index (χ0v) is 16.7. The number of rotatable bonds is 2. The molecule has 6 nitrogen and oxygen atoms in total. The first-order chi connectivity index (χ1) is 14.0. The van der Waals surface area contributed by atoms with Gasteiger partial charge in [0.2, 0.25) is 11.8 Å². The van der Waals surface area contributed by atoms with Crippen LogP contribution in [-0.2, 0) is 9.59 Å². The van der Waals surface area contributed by atoms with E-state index in [2.05, 4.69) is 5.32 Å². The molecule has 0 radical (unpaired) electrons. The third-order valence-corrected chi connectivity index (χ3v) is 6.76. The summed E-state index contributed by atoms with van der Waals surface area (Å²) in [6.07, 6.45) is 0. The monoisotopic (exact) mass is 392 g/mol. The largest absolute Gasteiger partial charge is 0.497 e. The van der Waals surface area contributed by atoms with Crippen molar-refractivity contribution in [3.05, 3.63) is 59.7 Å². The summed E-state index contributed by atoms with van der Waals surface area (Å²) in [7, 11) is 1.62. The first kappa shape index (κ1) is 18.0. The van der Waals surface area contributed by atoms with Crippen molar-refractivity contribution in [2.24, 2.45) is 5.92 Å². The third kappa shape index (κ3) is 2.35. The highest BCUT2D eigenvalue weighted by Gasteiger charge is 2.66. The summed E-state index contributed by atoms with van der Waals surface area (Å²) in [6, 6.07) is 14.9. The van der Waals surface area contributed by atoms with E-state index < -0.39 is 11.6 Å². The smallest absolute Gasteiger partial charge is 0.247 e. The lowest BCUT2D eigenvalue weighted by Crippen LogP contribution is -2.68. The van der Waals surface area contributed by atoms with E-state index in [1.165, 1.54) is 0 Å². The van der Waals surface area contributed by atoms with Gasteiger partial charge in [0, 0.05) is 23.5 Å². The molecule has 2 aromatic rings. The lowest BCUT2D eigenvalue weighted by atomic mass is 9.73. The van der Waals surface area contributed by atoms with Gasteiger partial charge in [-0.05, 0) is 31.5 Å². The van der Waals surface area contributed by atoms with Crippen LogP contribution in [0.1, 0.15) is 36.9 Å². The fourth-order valence-electron chi connectivity index (χ4n) is 5.45. The number of nitrogens with one attached hydrogen (secondary N) is 1. The minimum Gasteiger partial charge on any atom is -0.497 e. The van der Waals surface area contributed by atoms with Gasteiger partial charge >= 0.3 is 0 Å². The Balaban J connectivity index is 1.72. The summed E-state index contributed by atoms with van der Waals surface area (Å²) < 4.78 is 11.5. The Labute approximate surface area is 169 Å². The highest BCUT2D eigenvalue weighted by atomic mass is 16.5. The highest BCUT2D eigenvalue weighted by molar-refractivity contribution is 6.01. The van der Waals surface area contributed by atoms with E-state index >= 15 is 0 Å². The average molecular weight is 392 g/mol. The molecule has 0 aromatic heterocycles. The molecule has 2 fully saturated rings. The lowest BCUT2D eigenvalue weighted by molar-refractivity contribution is -0.156. The Morgan fingerprint density at radius 3 is 2.66 bits per heavy atom. The molecule has 29 heavy (non-hydrogen) atoms. The maximum absolute atomic E-state index is 13.4. The molecule has 5 rings (SSSR count). The van der Waals surface area contributed by atoms with Crippen molar-refractivity contribution in [2.45, 2.75) is 37.4 Å². The van der Waals surface area contributed by atoms with Gasteiger partial charge in [0.25, 0.3) is 0 Å². The van der Waals surface area contributed by atoms with E-state index in [1.54, 1.807) is 14.0 Å². The van der Waals surface area contributed by atoms with Crippen LogP contribution in [0, 0.1) is 5.92 Å². The average Bonchev–Trinajstić information content (AvgIpc) is 3.02. The molecular formula is C23H24N2O4. The molecule has 2 saturated heterocycles. The number of carbonyl (C=O) groups excluding carboxylic acids is 2. The van der Waals surface area contributed by atoms with E-state index in [1.807, 2.05) is 60.4 Å². The molecule has 0 aliphatic carbocycles. The van der Waals surface area contributed by atoms with Gasteiger partial charge in [0.05, 0.1) is 19.8 Å². The van der Waals surface area contributed by atoms with Crippen LogP contribution >= 0.6 is 0 Å². The van der Waals surface area contributed by atoms with Gasteiger partial charge in [0.1, 0.15) is 23.1 Å². The summed E-state index contributed by atoms with van der Waals surface area (Å²) >= 11 is 0. The molecule has 6 heteroatoms. The Morgan fingerprint density at radius 1 is 1.17 bits per heavy atom. The predicted octanol–water partition coefficient (Wildman–Crippen LogP) is 2.65. The minimum atomic E-state index is -0.981. The normalized spacial score (nSPS) is 32.6. The number of piperazine rings is 1. The van der Waals surface area contributed by atoms with Gasteiger partial charge in [-0.25, -0.2) is 0 Å². The third-order valence-electron chi connectivity index (χ3n) is 6.76. The molecule has 150 valence electrons. The van der Waals surface area contributed by atoms with Crippen LogP contribution in [0.4, 0.5) is 0 Å². The number of carbonyl (C=O) groups is 2. The van der Waals surface area contributed by atoms with Gasteiger partial charge in [-0.15, -0.1) is 0 Å². The molecule has 3 aliphatic rings. The number of amides is 2. The Hall–Kier alpha value is -3.02. The van der Waals surface area contributed by atoms with Gasteiger partial charge in [-0.1, -0.05) is 30.3 Å². The lowest BCUT2D eigenvalue weighted by Gasteiger charge is -2.45. The number of hydrogen-bond acceptors (Lipinski definition) is 4. The van der Waals surface area contributed by atoms with Gasteiger partial charge in [-0.2, -0.15) is 0 Å². The Morgan fingerprint density at radius 2 is 1.93 bits per heavy atom. The van der Waals surface area contributed by atoms with Gasteiger partial charge in [0.15, 0.2) is 0 Å². The van der Waals surface area contributed by atoms with E-state index in [0.29, 0.717) is 18.1 Å². The van der Waals surface area contributed by atoms with Crippen molar-refractivity contribution < 1.29 is 19.1 Å². The first-order valence-corrected chi connectivity index (χ1v) is 9.96. The van der Waals surface area contributed by atoms with Crippen molar-refractivity contribution in [1.29, 1.82) is 0 Å². The second-order valence-electron chi connectivity index (χ2n) is 8.26. The molecule has 5 atom stereocenters. The summed E-state index contributed by atoms with van der Waals surface area (Å²) in [4.78, 5) is 28.5. The molecule has 3 aliphatic heterocycles. The fraction of sp³-hybridized carbons (Fsp3) is 0.391. The standard InChI is InChI=1S/C23H24N2O4/c1-13-21(26)25-20-16-10-9-15(28-3)11-18(16)29-12-17(20)19(14-7-5-4-6-8-14)23(25,2)22(27)24-13/h4-11,13,17,19-20H,12H2,1-3H3,(H,24,27)/t13-,17-,19-,20+,23-/m1/s1. The molecule has 3 heterocycles. The summed E-state index contributed by atoms with van der Waals surface area (Å²) in [5.41, 5.74) is 0.998. The van der Waals surface area contributed by atoms with Crippen molar-refractivity contribution in [3.8, 4) is 11.5 Å². The highest BCUT2D eigenvalue weighted by Crippen LogP contribution is 2.59. The molecular weight excluding hydrogens is 368 g/mol. The predicted molar refractivity (Wildman–Crippen MR) is 107 cm³/mol. The van der Waals surface area contributed by atoms with Crippen LogP contribution in [0.2, 0.25) is 0 Å². The molecule has 1 N–H and O–H groups in total. The van der Waals surface area contributed by atoms with Crippen LogP contribution in [0.25, 0.3) is 0 Å². The van der Waals surface area contributed by atoms with Crippen molar-refractivity contribution >= 4 is 11.8 Å². The van der Waals surface area contributed by atoms with Crippen molar-refractivity contribution in [2.75, 3.05) is 13.7 Å². The number of methoxy groups -OCH3 is 1. The minimum absolute atomic E-state index is 0.0247. The topological polar surface area (TPSA) is 67.9 Å². The number of benzene rings is 2. The molecule has 2 amide bonds. The quantitative estimate of drug-likeness (QED) is 0.853. The van der Waals surface area contributed by atoms with Crippen LogP contribution in [-0.4, -0.2) is 42.0 Å². The molecule has 0 saturated carbocycles. The molecule has 0 unspecified atom stereocenters. The van der Waals surface area contributed by atoms with Gasteiger partial charge in [-0.3, -0.25) is 9.59 Å². The maximum Gasteiger partial charge on any atom is 0.247 e. The van der Waals surface area contributed by atoms with Crippen molar-refractivity contribution in [3.63, 3.8) is 0 Å². The van der Waals surface area contributed by atoms with Gasteiger partial charge < -0.3 is 19.7 Å².